The summed E-state index contributed by atoms with van der Waals surface area (Å²) in [6.45, 7) is 3.72. The Hall–Kier alpha value is -0.980. The van der Waals surface area contributed by atoms with E-state index in [2.05, 4.69) is 0 Å². The van der Waals surface area contributed by atoms with Gasteiger partial charge in [0.05, 0.1) is 4.90 Å². The third kappa shape index (κ3) is 3.24. The highest BCUT2D eigenvalue weighted by molar-refractivity contribution is 7.89. The average molecular weight is 260 g/mol. The average Bonchev–Trinajstić information content (AvgIpc) is 2.25. The molecule has 96 valence electrons. The van der Waals surface area contributed by atoms with Crippen LogP contribution in [0.3, 0.4) is 0 Å². The monoisotopic (exact) mass is 260 g/mol. The van der Waals surface area contributed by atoms with E-state index in [0.717, 1.165) is 12.5 Å². The van der Waals surface area contributed by atoms with Crippen molar-refractivity contribution in [2.75, 3.05) is 0 Å². The largest absolute Gasteiger partial charge is 0.327 e. The molecule has 0 spiro atoms. The van der Waals surface area contributed by atoms with Gasteiger partial charge in [-0.2, -0.15) is 0 Å². The van der Waals surface area contributed by atoms with E-state index in [1.165, 1.54) is 12.1 Å². The summed E-state index contributed by atoms with van der Waals surface area (Å²) in [5, 5.41) is 4.92. The second-order valence-electron chi connectivity index (χ2n) is 4.09. The van der Waals surface area contributed by atoms with Gasteiger partial charge in [0.15, 0.2) is 0 Å². The Morgan fingerprint density at radius 3 is 2.41 bits per heavy atom. The lowest BCUT2D eigenvalue weighted by atomic mass is 9.92. The van der Waals surface area contributed by atoms with Gasteiger partial charge in [-0.15, -0.1) is 0 Å². The molecular formula is C11H17FN2O2S. The zero-order valence-electron chi connectivity index (χ0n) is 9.85. The Bertz CT molecular complexity index is 502. The van der Waals surface area contributed by atoms with Crippen LogP contribution in [0.4, 0.5) is 4.39 Å². The van der Waals surface area contributed by atoms with Crippen molar-refractivity contribution in [1.29, 1.82) is 0 Å². The maximum absolute atomic E-state index is 13.8. The number of nitrogens with two attached hydrogens (primary N) is 2. The second kappa shape index (κ2) is 5.12. The standard InChI is InChI=1S/C11H17FN2O2S/c1-3-11(13)7(2)9-5-4-8(6-10(9)12)17(14,15)16/h4-7,11H,3,13H2,1-2H3,(H2,14,15,16). The Labute approximate surface area is 101 Å². The van der Waals surface area contributed by atoms with Crippen molar-refractivity contribution in [1.82, 2.24) is 0 Å². The first-order chi connectivity index (χ1) is 7.77. The zero-order valence-corrected chi connectivity index (χ0v) is 10.7. The van der Waals surface area contributed by atoms with Gasteiger partial charge in [-0.05, 0) is 30.0 Å². The minimum atomic E-state index is -3.86. The highest BCUT2D eigenvalue weighted by Gasteiger charge is 2.19. The van der Waals surface area contributed by atoms with E-state index in [9.17, 15) is 12.8 Å². The van der Waals surface area contributed by atoms with Gasteiger partial charge in [0.2, 0.25) is 10.0 Å². The van der Waals surface area contributed by atoms with Crippen LogP contribution in [-0.2, 0) is 10.0 Å². The molecule has 1 aromatic rings. The van der Waals surface area contributed by atoms with Crippen LogP contribution in [0.5, 0.6) is 0 Å². The van der Waals surface area contributed by atoms with Crippen LogP contribution >= 0.6 is 0 Å². The molecule has 0 radical (unpaired) electrons. The molecule has 0 aromatic heterocycles. The van der Waals surface area contributed by atoms with Gasteiger partial charge in [-0.1, -0.05) is 19.9 Å². The molecule has 17 heavy (non-hydrogen) atoms. The van der Waals surface area contributed by atoms with E-state index in [1.54, 1.807) is 0 Å². The van der Waals surface area contributed by atoms with Gasteiger partial charge in [0.25, 0.3) is 0 Å². The molecule has 6 heteroatoms. The minimum Gasteiger partial charge on any atom is -0.327 e. The molecule has 4 N–H and O–H groups in total. The summed E-state index contributed by atoms with van der Waals surface area (Å²) in [6.07, 6.45) is 0.720. The topological polar surface area (TPSA) is 86.2 Å². The summed E-state index contributed by atoms with van der Waals surface area (Å²) in [5.41, 5.74) is 6.24. The summed E-state index contributed by atoms with van der Waals surface area (Å²) < 4.78 is 35.8. The number of halogens is 1. The van der Waals surface area contributed by atoms with Crippen LogP contribution < -0.4 is 10.9 Å². The molecule has 1 aromatic carbocycles. The van der Waals surface area contributed by atoms with Gasteiger partial charge >= 0.3 is 0 Å². The summed E-state index contributed by atoms with van der Waals surface area (Å²) in [6, 6.07) is 3.50. The lowest BCUT2D eigenvalue weighted by molar-refractivity contribution is 0.514. The van der Waals surface area contributed by atoms with Crippen LogP contribution in [0.15, 0.2) is 23.1 Å². The molecule has 0 aliphatic rings. The Morgan fingerprint density at radius 2 is 2.00 bits per heavy atom. The van der Waals surface area contributed by atoms with Gasteiger partial charge in [0, 0.05) is 6.04 Å². The van der Waals surface area contributed by atoms with Gasteiger partial charge in [-0.25, -0.2) is 17.9 Å². The number of hydrogen-bond acceptors (Lipinski definition) is 3. The first kappa shape index (κ1) is 14.1. The Kier molecular flexibility index (Phi) is 4.24. The normalized spacial score (nSPS) is 15.6. The van der Waals surface area contributed by atoms with Crippen LogP contribution in [0.25, 0.3) is 0 Å². The third-order valence-electron chi connectivity index (χ3n) is 2.90. The van der Waals surface area contributed by atoms with Crippen molar-refractivity contribution < 1.29 is 12.8 Å². The second-order valence-corrected chi connectivity index (χ2v) is 5.65. The van der Waals surface area contributed by atoms with Gasteiger partial charge in [-0.3, -0.25) is 0 Å². The van der Waals surface area contributed by atoms with Crippen molar-refractivity contribution >= 4 is 10.0 Å². The summed E-state index contributed by atoms with van der Waals surface area (Å²) in [4.78, 5) is -0.226. The molecule has 0 aliphatic heterocycles. The molecule has 0 saturated carbocycles. The number of benzene rings is 1. The Morgan fingerprint density at radius 1 is 1.41 bits per heavy atom. The zero-order chi connectivity index (χ0) is 13.2. The SMILES string of the molecule is CCC(N)C(C)c1ccc(S(N)(=O)=O)cc1F. The highest BCUT2D eigenvalue weighted by Crippen LogP contribution is 2.24. The predicted octanol–water partition coefficient (Wildman–Crippen LogP) is 1.31. The fourth-order valence-electron chi connectivity index (χ4n) is 1.64. The molecule has 0 aliphatic carbocycles. The van der Waals surface area contributed by atoms with E-state index in [1.807, 2.05) is 13.8 Å². The van der Waals surface area contributed by atoms with Gasteiger partial charge < -0.3 is 5.73 Å². The first-order valence-corrected chi connectivity index (χ1v) is 6.89. The van der Waals surface area contributed by atoms with Crippen molar-refractivity contribution in [3.05, 3.63) is 29.6 Å². The van der Waals surface area contributed by atoms with E-state index >= 15 is 0 Å². The lowest BCUT2D eigenvalue weighted by Gasteiger charge is -2.19. The van der Waals surface area contributed by atoms with E-state index < -0.39 is 15.8 Å². The van der Waals surface area contributed by atoms with Crippen molar-refractivity contribution in [2.45, 2.75) is 37.1 Å². The number of hydrogen-bond donors (Lipinski definition) is 2. The molecular weight excluding hydrogens is 243 g/mol. The fourth-order valence-corrected chi connectivity index (χ4v) is 2.16. The molecule has 0 heterocycles. The Balaban J connectivity index is 3.15. The minimum absolute atomic E-state index is 0.162. The number of sulfonamides is 1. The molecule has 2 atom stereocenters. The molecule has 0 amide bonds. The summed E-state index contributed by atoms with van der Waals surface area (Å²) >= 11 is 0. The van der Waals surface area contributed by atoms with Crippen LogP contribution in [-0.4, -0.2) is 14.5 Å². The lowest BCUT2D eigenvalue weighted by Crippen LogP contribution is -2.26. The van der Waals surface area contributed by atoms with Crippen molar-refractivity contribution in [3.8, 4) is 0 Å². The van der Waals surface area contributed by atoms with E-state index in [-0.39, 0.29) is 16.9 Å². The molecule has 0 bridgehead atoms. The molecule has 2 unspecified atom stereocenters. The quantitative estimate of drug-likeness (QED) is 0.855. The maximum atomic E-state index is 13.8. The number of rotatable bonds is 4. The molecule has 4 nitrogen and oxygen atoms in total. The fraction of sp³-hybridized carbons (Fsp3) is 0.455. The van der Waals surface area contributed by atoms with Crippen LogP contribution in [0.2, 0.25) is 0 Å². The smallest absolute Gasteiger partial charge is 0.238 e. The molecule has 0 saturated heterocycles. The van der Waals surface area contributed by atoms with E-state index in [0.29, 0.717) is 5.56 Å². The molecule has 0 fully saturated rings. The van der Waals surface area contributed by atoms with E-state index in [4.69, 9.17) is 10.9 Å². The number of primary sulfonamides is 1. The third-order valence-corrected chi connectivity index (χ3v) is 3.82. The molecule has 1 rings (SSSR count). The maximum Gasteiger partial charge on any atom is 0.238 e. The summed E-state index contributed by atoms with van der Waals surface area (Å²) in [5.74, 6) is -0.762. The highest BCUT2D eigenvalue weighted by atomic mass is 32.2. The predicted molar refractivity (Wildman–Crippen MR) is 64.5 cm³/mol. The first-order valence-electron chi connectivity index (χ1n) is 5.35. The van der Waals surface area contributed by atoms with Gasteiger partial charge in [0.1, 0.15) is 5.82 Å². The van der Waals surface area contributed by atoms with Crippen molar-refractivity contribution in [2.24, 2.45) is 10.9 Å². The summed E-state index contributed by atoms with van der Waals surface area (Å²) in [7, 11) is -3.86. The van der Waals surface area contributed by atoms with Crippen molar-refractivity contribution in [3.63, 3.8) is 0 Å². The van der Waals surface area contributed by atoms with Crippen LogP contribution in [0.1, 0.15) is 31.7 Å². The van der Waals surface area contributed by atoms with Crippen LogP contribution in [0, 0.1) is 5.82 Å².